The number of fused-ring (bicyclic) bond motifs is 3. The average Bonchev–Trinajstić information content (AvgIpc) is 3.26. The van der Waals surface area contributed by atoms with Gasteiger partial charge in [-0.15, -0.1) is 0 Å². The zero-order valence-electron chi connectivity index (χ0n) is 21.1. The van der Waals surface area contributed by atoms with Crippen LogP contribution in [-0.2, 0) is 14.9 Å². The summed E-state index contributed by atoms with van der Waals surface area (Å²) < 4.78 is 33.6. The average molecular weight is 529 g/mol. The van der Waals surface area contributed by atoms with Crippen LogP contribution in [0.5, 0.6) is 5.75 Å². The summed E-state index contributed by atoms with van der Waals surface area (Å²) in [5.41, 5.74) is 6.07. The fraction of sp³-hybridized carbons (Fsp3) is 0.167. The Bertz CT molecular complexity index is 1520. The van der Waals surface area contributed by atoms with E-state index in [1.54, 1.807) is 55.6 Å². The Labute approximate surface area is 222 Å². The van der Waals surface area contributed by atoms with E-state index in [2.05, 4.69) is 5.16 Å². The molecule has 0 saturated carbocycles. The number of benzene rings is 4. The molecule has 0 heterocycles. The molecule has 0 fully saturated rings. The lowest BCUT2D eigenvalue weighted by atomic mass is 10.1. The highest BCUT2D eigenvalue weighted by Gasteiger charge is 2.28. The first kappa shape index (κ1) is 25.5. The van der Waals surface area contributed by atoms with Gasteiger partial charge in [-0.2, -0.15) is 0 Å². The molecule has 194 valence electrons. The molecule has 0 bridgehead atoms. The molecule has 4 aromatic rings. The molecule has 0 aromatic heterocycles. The van der Waals surface area contributed by atoms with Crippen molar-refractivity contribution in [3.05, 3.63) is 114 Å². The number of hydrogen-bond donors (Lipinski definition) is 1. The van der Waals surface area contributed by atoms with Crippen LogP contribution in [0.3, 0.4) is 0 Å². The molecule has 0 unspecified atom stereocenters. The zero-order chi connectivity index (χ0) is 26.7. The first-order chi connectivity index (χ1) is 18.4. The van der Waals surface area contributed by atoms with Gasteiger partial charge in [-0.25, -0.2) is 8.42 Å². The van der Waals surface area contributed by atoms with Gasteiger partial charge in [0, 0.05) is 11.1 Å². The van der Waals surface area contributed by atoms with Crippen LogP contribution in [0.2, 0.25) is 0 Å². The van der Waals surface area contributed by atoms with Crippen LogP contribution in [0, 0.1) is 6.92 Å². The van der Waals surface area contributed by atoms with Crippen LogP contribution in [0.15, 0.2) is 107 Å². The summed E-state index contributed by atoms with van der Waals surface area (Å²) in [6.45, 7) is 1.48. The Morgan fingerprint density at radius 1 is 0.816 bits per heavy atom. The third-order valence-corrected chi connectivity index (χ3v) is 8.23. The number of rotatable bonds is 9. The van der Waals surface area contributed by atoms with E-state index in [0.29, 0.717) is 17.1 Å². The Balaban J connectivity index is 1.38. The summed E-state index contributed by atoms with van der Waals surface area (Å²) in [4.78, 5) is 5.73. The van der Waals surface area contributed by atoms with Crippen LogP contribution in [-0.4, -0.2) is 45.6 Å². The van der Waals surface area contributed by atoms with E-state index < -0.39 is 16.1 Å². The maximum Gasteiger partial charge on any atom is 0.264 e. The normalized spacial score (nSPS) is 12.9. The molecule has 0 radical (unpaired) electrons. The van der Waals surface area contributed by atoms with Crippen LogP contribution < -0.4 is 9.04 Å². The van der Waals surface area contributed by atoms with Crippen molar-refractivity contribution in [3.63, 3.8) is 0 Å². The van der Waals surface area contributed by atoms with Gasteiger partial charge in [0.05, 0.1) is 24.2 Å². The molecular weight excluding hydrogens is 500 g/mol. The molecule has 0 saturated heterocycles. The standard InChI is InChI=1S/C30H28N2O5S/c1-21-11-17-25(18-12-21)38(34,35)32(22-13-15-24(36-2)16-14-22)19-23(33)20-37-31-30-28-9-5-3-7-26(28)27-8-4-6-10-29(27)30/h3-18,23,33H,19-20H2,1-2H3/t23-/m1/s1. The topological polar surface area (TPSA) is 88.4 Å². The van der Waals surface area contributed by atoms with Crippen molar-refractivity contribution in [1.29, 1.82) is 0 Å². The van der Waals surface area contributed by atoms with Crippen LogP contribution in [0.4, 0.5) is 5.69 Å². The third-order valence-electron chi connectivity index (χ3n) is 6.42. The molecule has 1 aliphatic rings. The second kappa shape index (κ2) is 10.7. The smallest absolute Gasteiger partial charge is 0.264 e. The minimum atomic E-state index is -3.97. The van der Waals surface area contributed by atoms with Crippen molar-refractivity contribution in [2.75, 3.05) is 24.6 Å². The van der Waals surface area contributed by atoms with Gasteiger partial charge < -0.3 is 14.7 Å². The third kappa shape index (κ3) is 5.01. The second-order valence-corrected chi connectivity index (χ2v) is 10.9. The summed E-state index contributed by atoms with van der Waals surface area (Å²) in [6.07, 6.45) is -1.14. The summed E-state index contributed by atoms with van der Waals surface area (Å²) in [7, 11) is -2.42. The number of oxime groups is 1. The van der Waals surface area contributed by atoms with Gasteiger partial charge >= 0.3 is 0 Å². The van der Waals surface area contributed by atoms with Crippen molar-refractivity contribution in [2.24, 2.45) is 5.16 Å². The van der Waals surface area contributed by atoms with Crippen molar-refractivity contribution in [1.82, 2.24) is 0 Å². The summed E-state index contributed by atoms with van der Waals surface area (Å²) in [5.74, 6) is 0.596. The molecule has 1 aliphatic carbocycles. The first-order valence-electron chi connectivity index (χ1n) is 12.2. The lowest BCUT2D eigenvalue weighted by molar-refractivity contribution is 0.0456. The number of aliphatic hydroxyl groups is 1. The maximum atomic E-state index is 13.6. The second-order valence-electron chi connectivity index (χ2n) is 9.03. The first-order valence-corrected chi connectivity index (χ1v) is 13.6. The van der Waals surface area contributed by atoms with Gasteiger partial charge in [0.25, 0.3) is 10.0 Å². The molecule has 1 N–H and O–H groups in total. The van der Waals surface area contributed by atoms with Gasteiger partial charge in [-0.3, -0.25) is 4.31 Å². The fourth-order valence-electron chi connectivity index (χ4n) is 4.45. The largest absolute Gasteiger partial charge is 0.497 e. The number of ether oxygens (including phenoxy) is 1. The van der Waals surface area contributed by atoms with Gasteiger partial charge in [0.15, 0.2) is 0 Å². The number of aryl methyl sites for hydroxylation is 1. The summed E-state index contributed by atoms with van der Waals surface area (Å²) in [6, 6.07) is 29.1. The minimum Gasteiger partial charge on any atom is -0.497 e. The van der Waals surface area contributed by atoms with Gasteiger partial charge in [0.1, 0.15) is 24.2 Å². The predicted molar refractivity (Wildman–Crippen MR) is 148 cm³/mol. The lowest BCUT2D eigenvalue weighted by Crippen LogP contribution is -2.39. The predicted octanol–water partition coefficient (Wildman–Crippen LogP) is 5.01. The molecule has 5 rings (SSSR count). The molecule has 1 atom stereocenters. The van der Waals surface area contributed by atoms with Crippen molar-refractivity contribution in [2.45, 2.75) is 17.9 Å². The van der Waals surface area contributed by atoms with E-state index in [-0.39, 0.29) is 18.0 Å². The van der Waals surface area contributed by atoms with Crippen molar-refractivity contribution >= 4 is 21.4 Å². The molecule has 0 spiro atoms. The number of methoxy groups -OCH3 is 1. The monoisotopic (exact) mass is 528 g/mol. The number of aliphatic hydroxyl groups excluding tert-OH is 1. The molecule has 7 nitrogen and oxygen atoms in total. The summed E-state index contributed by atoms with van der Waals surface area (Å²) in [5, 5.41) is 15.2. The molecular formula is C30H28N2O5S. The summed E-state index contributed by atoms with van der Waals surface area (Å²) >= 11 is 0. The molecule has 4 aromatic carbocycles. The van der Waals surface area contributed by atoms with Gasteiger partial charge in [-0.05, 0) is 54.4 Å². The van der Waals surface area contributed by atoms with Crippen LogP contribution in [0.1, 0.15) is 16.7 Å². The van der Waals surface area contributed by atoms with Crippen molar-refractivity contribution in [3.8, 4) is 16.9 Å². The van der Waals surface area contributed by atoms with Crippen LogP contribution >= 0.6 is 0 Å². The lowest BCUT2D eigenvalue weighted by Gasteiger charge is -2.26. The molecule has 8 heteroatoms. The molecule has 38 heavy (non-hydrogen) atoms. The van der Waals surface area contributed by atoms with E-state index in [1.807, 2.05) is 55.5 Å². The Hall–Kier alpha value is -4.14. The maximum absolute atomic E-state index is 13.6. The van der Waals surface area contributed by atoms with E-state index in [9.17, 15) is 13.5 Å². The minimum absolute atomic E-state index is 0.131. The SMILES string of the molecule is COc1ccc(N(C[C@@H](O)CON=C2c3ccccc3-c3ccccc32)S(=O)(=O)c2ccc(C)cc2)cc1. The Kier molecular flexibility index (Phi) is 7.18. The van der Waals surface area contributed by atoms with E-state index in [4.69, 9.17) is 9.57 Å². The zero-order valence-corrected chi connectivity index (χ0v) is 21.9. The van der Waals surface area contributed by atoms with E-state index in [0.717, 1.165) is 27.8 Å². The number of hydrogen-bond acceptors (Lipinski definition) is 6. The number of nitrogens with zero attached hydrogens (tertiary/aromatic N) is 2. The van der Waals surface area contributed by atoms with Crippen molar-refractivity contribution < 1.29 is 23.1 Å². The molecule has 0 aliphatic heterocycles. The van der Waals surface area contributed by atoms with Crippen LogP contribution in [0.25, 0.3) is 11.1 Å². The number of sulfonamides is 1. The fourth-order valence-corrected chi connectivity index (χ4v) is 5.95. The van der Waals surface area contributed by atoms with E-state index in [1.165, 1.54) is 4.31 Å². The quantitative estimate of drug-likeness (QED) is 0.272. The number of anilines is 1. The van der Waals surface area contributed by atoms with Gasteiger partial charge in [-0.1, -0.05) is 71.4 Å². The Morgan fingerprint density at radius 3 is 1.92 bits per heavy atom. The highest BCUT2D eigenvalue weighted by atomic mass is 32.2. The molecule has 0 amide bonds. The highest BCUT2D eigenvalue weighted by Crippen LogP contribution is 2.36. The highest BCUT2D eigenvalue weighted by molar-refractivity contribution is 7.92. The Morgan fingerprint density at radius 2 is 1.37 bits per heavy atom. The van der Waals surface area contributed by atoms with Gasteiger partial charge in [0.2, 0.25) is 0 Å². The van der Waals surface area contributed by atoms with E-state index >= 15 is 0 Å².